The first-order chi connectivity index (χ1) is 17.7. The highest BCUT2D eigenvalue weighted by atomic mass is 28.4. The van der Waals surface area contributed by atoms with Crippen LogP contribution in [-0.4, -0.2) is 59.0 Å². The van der Waals surface area contributed by atoms with Gasteiger partial charge in [-0.1, -0.05) is 24.3 Å². The molecule has 0 unspecified atom stereocenters. The zero-order chi connectivity index (χ0) is 26.6. The summed E-state index contributed by atoms with van der Waals surface area (Å²) in [6, 6.07) is 11.3. The number of aromatic nitrogens is 4. The minimum atomic E-state index is -2.97. The summed E-state index contributed by atoms with van der Waals surface area (Å²) in [5.41, 5.74) is 2.32. The van der Waals surface area contributed by atoms with E-state index in [1.807, 2.05) is 30.5 Å². The fourth-order valence-electron chi connectivity index (χ4n) is 5.59. The Morgan fingerprint density at radius 3 is 2.70 bits per heavy atom. The van der Waals surface area contributed by atoms with Gasteiger partial charge in [0.05, 0.1) is 25.0 Å². The van der Waals surface area contributed by atoms with Crippen LogP contribution in [0.2, 0.25) is 18.6 Å². The van der Waals surface area contributed by atoms with Crippen LogP contribution in [0, 0.1) is 5.92 Å². The second-order valence-electron chi connectivity index (χ2n) is 10.4. The Hall–Kier alpha value is -2.82. The van der Waals surface area contributed by atoms with Gasteiger partial charge in [-0.2, -0.15) is 0 Å². The Morgan fingerprint density at radius 2 is 1.97 bits per heavy atom. The zero-order valence-corrected chi connectivity index (χ0v) is 23.0. The van der Waals surface area contributed by atoms with E-state index in [1.165, 1.54) is 7.11 Å². The normalized spacial score (nSPS) is 21.9. The summed E-state index contributed by atoms with van der Waals surface area (Å²) in [4.78, 5) is 12.7. The second-order valence-corrected chi connectivity index (χ2v) is 14.2. The fraction of sp³-hybridized carbons (Fsp3) is 0.519. The monoisotopic (exact) mass is 528 g/mol. The van der Waals surface area contributed by atoms with Gasteiger partial charge in [0.1, 0.15) is 0 Å². The molecule has 3 heterocycles. The topological polar surface area (TPSA) is 91.4 Å². The van der Waals surface area contributed by atoms with Crippen molar-refractivity contribution in [2.24, 2.45) is 5.92 Å². The Morgan fingerprint density at radius 1 is 1.16 bits per heavy atom. The number of aliphatic hydroxyl groups excluding tert-OH is 1. The van der Waals surface area contributed by atoms with Crippen molar-refractivity contribution in [2.45, 2.75) is 70.0 Å². The van der Waals surface area contributed by atoms with E-state index in [2.05, 4.69) is 17.2 Å². The van der Waals surface area contributed by atoms with Crippen LogP contribution in [0.4, 0.5) is 4.11 Å². The second kappa shape index (κ2) is 11.7. The largest absolute Gasteiger partial charge is 0.491 e. The lowest BCUT2D eigenvalue weighted by atomic mass is 9.95. The molecule has 0 aliphatic carbocycles. The summed E-state index contributed by atoms with van der Waals surface area (Å²) in [5.74, 6) is 0.410. The third-order valence-electron chi connectivity index (χ3n) is 7.33. The summed E-state index contributed by atoms with van der Waals surface area (Å²) in [7, 11) is -1.48. The molecule has 8 nitrogen and oxygen atoms in total. The Bertz CT molecular complexity index is 1240. The number of halogens is 1. The summed E-state index contributed by atoms with van der Waals surface area (Å²) in [6.07, 6.45) is 6.04. The number of hydrogen-bond acceptors (Lipinski definition) is 6. The molecule has 200 valence electrons. The smallest absolute Gasteiger partial charge is 0.297 e. The van der Waals surface area contributed by atoms with Gasteiger partial charge in [0, 0.05) is 43.2 Å². The van der Waals surface area contributed by atoms with Gasteiger partial charge in [0.25, 0.3) is 5.56 Å². The Labute approximate surface area is 218 Å². The van der Waals surface area contributed by atoms with Crippen LogP contribution in [0.1, 0.15) is 31.0 Å². The van der Waals surface area contributed by atoms with Crippen LogP contribution in [0.3, 0.4) is 0 Å². The van der Waals surface area contributed by atoms with Crippen LogP contribution in [0.25, 0.3) is 5.69 Å². The summed E-state index contributed by atoms with van der Waals surface area (Å²) in [6.45, 7) is 6.30. The maximum absolute atomic E-state index is 15.5. The first kappa shape index (κ1) is 27.2. The standard InChI is InChI=1S/C27H37FN4O4Si/c1-19-23(11-10-20-7-5-8-22(17-20)32-14-6-9-25(35-2)27(32)34)36-24(26(19)37(3,4)28)12-15-31-18-21(13-16-33)29-30-31/h5-9,14,17-19,23-24,26,33H,10-13,15-16H2,1-4H3/t19-,23+,24-,26+/m0/s1. The van der Waals surface area contributed by atoms with E-state index in [0.29, 0.717) is 25.1 Å². The van der Waals surface area contributed by atoms with Crippen LogP contribution in [0.15, 0.2) is 53.6 Å². The molecule has 0 amide bonds. The van der Waals surface area contributed by atoms with Crippen molar-refractivity contribution in [1.82, 2.24) is 19.6 Å². The number of aryl methyl sites for hydroxylation is 2. The molecule has 1 saturated heterocycles. The van der Waals surface area contributed by atoms with E-state index < -0.39 is 8.41 Å². The van der Waals surface area contributed by atoms with E-state index in [9.17, 15) is 4.79 Å². The molecule has 1 aliphatic rings. The minimum absolute atomic E-state index is 0.0343. The van der Waals surface area contributed by atoms with E-state index in [-0.39, 0.29) is 35.8 Å². The molecule has 4 rings (SSSR count). The van der Waals surface area contributed by atoms with Crippen LogP contribution in [0.5, 0.6) is 5.75 Å². The zero-order valence-electron chi connectivity index (χ0n) is 22.0. The summed E-state index contributed by atoms with van der Waals surface area (Å²) in [5, 5.41) is 17.3. The van der Waals surface area contributed by atoms with Crippen molar-refractivity contribution in [2.75, 3.05) is 13.7 Å². The highest BCUT2D eigenvalue weighted by Gasteiger charge is 2.50. The van der Waals surface area contributed by atoms with E-state index in [1.54, 1.807) is 40.7 Å². The third kappa shape index (κ3) is 6.37. The van der Waals surface area contributed by atoms with Crippen molar-refractivity contribution in [3.8, 4) is 11.4 Å². The highest BCUT2D eigenvalue weighted by molar-refractivity contribution is 6.72. The first-order valence-electron chi connectivity index (χ1n) is 12.9. The van der Waals surface area contributed by atoms with Crippen LogP contribution in [-0.2, 0) is 24.1 Å². The number of rotatable bonds is 11. The molecule has 0 radical (unpaired) electrons. The maximum atomic E-state index is 15.5. The maximum Gasteiger partial charge on any atom is 0.297 e. The quantitative estimate of drug-likeness (QED) is 0.299. The van der Waals surface area contributed by atoms with Gasteiger partial charge in [-0.25, -0.2) is 0 Å². The average Bonchev–Trinajstić information content (AvgIpc) is 3.45. The molecule has 1 aromatic carbocycles. The number of methoxy groups -OCH3 is 1. The predicted molar refractivity (Wildman–Crippen MR) is 143 cm³/mol. The molecular weight excluding hydrogens is 491 g/mol. The molecular formula is C27H37FN4O4Si. The van der Waals surface area contributed by atoms with Gasteiger partial charge in [0.15, 0.2) is 5.75 Å². The van der Waals surface area contributed by atoms with E-state index in [4.69, 9.17) is 14.6 Å². The van der Waals surface area contributed by atoms with Gasteiger partial charge < -0.3 is 18.7 Å². The average molecular weight is 529 g/mol. The van der Waals surface area contributed by atoms with Crippen molar-refractivity contribution in [3.05, 3.63) is 70.4 Å². The Kier molecular flexibility index (Phi) is 8.61. The predicted octanol–water partition coefficient (Wildman–Crippen LogP) is 3.94. The number of hydrogen-bond donors (Lipinski definition) is 1. The van der Waals surface area contributed by atoms with Gasteiger partial charge in [-0.3, -0.25) is 14.0 Å². The van der Waals surface area contributed by atoms with Crippen LogP contribution >= 0.6 is 0 Å². The van der Waals surface area contributed by atoms with Crippen LogP contribution < -0.4 is 10.3 Å². The number of nitrogens with zero attached hydrogens (tertiary/aromatic N) is 4. The highest BCUT2D eigenvalue weighted by Crippen LogP contribution is 2.47. The van der Waals surface area contributed by atoms with E-state index >= 15 is 4.11 Å². The molecule has 2 aromatic heterocycles. The van der Waals surface area contributed by atoms with Gasteiger partial charge in [-0.05, 0) is 68.1 Å². The molecule has 1 aliphatic heterocycles. The molecule has 0 spiro atoms. The summed E-state index contributed by atoms with van der Waals surface area (Å²) < 4.78 is 30.5. The van der Waals surface area contributed by atoms with Crippen molar-refractivity contribution in [1.29, 1.82) is 0 Å². The number of pyridine rings is 1. The molecule has 3 aromatic rings. The molecule has 0 saturated carbocycles. The van der Waals surface area contributed by atoms with Gasteiger partial charge >= 0.3 is 0 Å². The van der Waals surface area contributed by atoms with Crippen molar-refractivity contribution >= 4 is 8.41 Å². The Balaban J connectivity index is 1.43. The number of aliphatic hydroxyl groups is 1. The van der Waals surface area contributed by atoms with E-state index in [0.717, 1.165) is 29.8 Å². The minimum Gasteiger partial charge on any atom is -0.491 e. The van der Waals surface area contributed by atoms with Gasteiger partial charge in [-0.15, -0.1) is 5.10 Å². The third-order valence-corrected chi connectivity index (χ3v) is 9.81. The molecule has 1 fully saturated rings. The molecule has 4 atom stereocenters. The van der Waals surface area contributed by atoms with Gasteiger partial charge in [0.2, 0.25) is 8.41 Å². The lowest BCUT2D eigenvalue weighted by Gasteiger charge is -2.28. The molecule has 1 N–H and O–H groups in total. The van der Waals surface area contributed by atoms with Crippen molar-refractivity contribution < 1.29 is 18.7 Å². The SMILES string of the molecule is COc1cccn(-c2cccc(CC[C@H]3O[C@@H](CCn4cc(CCO)nn4)[C@H]([Si](C)(C)F)[C@H]3C)c2)c1=O. The lowest BCUT2D eigenvalue weighted by molar-refractivity contribution is 0.0247. The number of ether oxygens (including phenoxy) is 2. The van der Waals surface area contributed by atoms with Crippen molar-refractivity contribution in [3.63, 3.8) is 0 Å². The molecule has 0 bridgehead atoms. The molecule has 10 heteroatoms. The first-order valence-corrected chi connectivity index (χ1v) is 15.9. The lowest BCUT2D eigenvalue weighted by Crippen LogP contribution is -2.36. The fourth-order valence-corrected chi connectivity index (χ4v) is 8.18. The number of benzene rings is 1. The summed E-state index contributed by atoms with van der Waals surface area (Å²) >= 11 is 0. The molecule has 37 heavy (non-hydrogen) atoms.